The van der Waals surface area contributed by atoms with Crippen molar-refractivity contribution in [2.45, 2.75) is 71.4 Å². The predicted octanol–water partition coefficient (Wildman–Crippen LogP) is 4.29. The number of benzene rings is 1. The summed E-state index contributed by atoms with van der Waals surface area (Å²) < 4.78 is 46.3. The minimum Gasteiger partial charge on any atom is -0.451 e. The van der Waals surface area contributed by atoms with Crippen molar-refractivity contribution in [2.75, 3.05) is 50.4 Å². The van der Waals surface area contributed by atoms with Gasteiger partial charge in [0.05, 0.1) is 18.0 Å². The van der Waals surface area contributed by atoms with Gasteiger partial charge in [-0.3, -0.25) is 4.79 Å². The Kier molecular flexibility index (Phi) is 9.58. The Hall–Kier alpha value is -2.83. The lowest BCUT2D eigenvalue weighted by Crippen LogP contribution is -2.61. The van der Waals surface area contributed by atoms with Crippen LogP contribution in [-0.2, 0) is 10.0 Å². The molecule has 12 heteroatoms. The number of anilines is 1. The molecule has 1 aliphatic carbocycles. The number of rotatable bonds is 10. The molecule has 5 rings (SSSR count). The van der Waals surface area contributed by atoms with E-state index in [1.54, 1.807) is 11.1 Å². The summed E-state index contributed by atoms with van der Waals surface area (Å²) in [5.74, 6) is 1.27. The lowest BCUT2D eigenvalue weighted by molar-refractivity contribution is 0.0618. The van der Waals surface area contributed by atoms with Crippen LogP contribution in [0.25, 0.3) is 0 Å². The van der Waals surface area contributed by atoms with Crippen molar-refractivity contribution in [1.82, 2.24) is 24.5 Å². The fourth-order valence-corrected chi connectivity index (χ4v) is 7.81. The zero-order valence-electron chi connectivity index (χ0n) is 25.8. The van der Waals surface area contributed by atoms with Crippen LogP contribution in [0.4, 0.5) is 10.2 Å². The molecule has 2 saturated heterocycles. The van der Waals surface area contributed by atoms with Crippen LogP contribution >= 0.6 is 0 Å². The van der Waals surface area contributed by atoms with Crippen molar-refractivity contribution in [3.63, 3.8) is 0 Å². The zero-order valence-corrected chi connectivity index (χ0v) is 26.6. The monoisotopic (exact) mass is 616 g/mol. The minimum absolute atomic E-state index is 0.0350. The van der Waals surface area contributed by atoms with Gasteiger partial charge in [0.15, 0.2) is 11.6 Å². The van der Waals surface area contributed by atoms with E-state index in [1.165, 1.54) is 30.8 Å². The molecule has 2 aromatic rings. The number of piperidine rings is 1. The van der Waals surface area contributed by atoms with E-state index in [4.69, 9.17) is 4.74 Å². The van der Waals surface area contributed by atoms with Crippen LogP contribution in [0.15, 0.2) is 30.7 Å². The number of carbonyl (C=O) groups excluding carboxylic acids is 1. The van der Waals surface area contributed by atoms with E-state index in [1.807, 2.05) is 20.8 Å². The van der Waals surface area contributed by atoms with Crippen LogP contribution in [0.1, 0.15) is 69.7 Å². The van der Waals surface area contributed by atoms with Crippen molar-refractivity contribution in [3.05, 3.63) is 42.1 Å². The Bertz CT molecular complexity index is 1380. The molecular formula is C31H45FN6O4S. The fraction of sp³-hybridized carbons (Fsp3) is 0.645. The van der Waals surface area contributed by atoms with E-state index in [9.17, 15) is 17.6 Å². The summed E-state index contributed by atoms with van der Waals surface area (Å²) >= 11 is 0. The molecule has 1 aromatic carbocycles. The molecule has 0 bridgehead atoms. The summed E-state index contributed by atoms with van der Waals surface area (Å²) in [6, 6.07) is 4.07. The number of hydrogen-bond acceptors (Lipinski definition) is 8. The highest BCUT2D eigenvalue weighted by molar-refractivity contribution is 7.88. The zero-order chi connectivity index (χ0) is 30.8. The van der Waals surface area contributed by atoms with E-state index < -0.39 is 15.8 Å². The van der Waals surface area contributed by atoms with Gasteiger partial charge in [0.2, 0.25) is 10.0 Å². The third-order valence-corrected chi connectivity index (χ3v) is 10.0. The molecule has 3 heterocycles. The first-order chi connectivity index (χ1) is 20.4. The summed E-state index contributed by atoms with van der Waals surface area (Å²) in [7, 11) is -3.14. The Morgan fingerprint density at radius 3 is 2.49 bits per heavy atom. The Morgan fingerprint density at radius 2 is 1.86 bits per heavy atom. The van der Waals surface area contributed by atoms with Gasteiger partial charge in [0.25, 0.3) is 5.91 Å². The summed E-state index contributed by atoms with van der Waals surface area (Å²) in [4.78, 5) is 28.5. The topological polar surface area (TPSA) is 108 Å². The lowest BCUT2D eigenvalue weighted by Gasteiger charge is -2.54. The van der Waals surface area contributed by atoms with Crippen LogP contribution in [0.2, 0.25) is 0 Å². The second kappa shape index (κ2) is 13.0. The van der Waals surface area contributed by atoms with Gasteiger partial charge >= 0.3 is 0 Å². The summed E-state index contributed by atoms with van der Waals surface area (Å²) in [5.41, 5.74) is 0.420. The molecule has 1 saturated carbocycles. The van der Waals surface area contributed by atoms with Crippen LogP contribution < -0.4 is 14.4 Å². The number of halogens is 1. The first-order valence-corrected chi connectivity index (χ1v) is 17.4. The number of likely N-dealkylation sites (tertiary alicyclic amines) is 1. The number of hydrogen-bond donors (Lipinski definition) is 1. The predicted molar refractivity (Wildman–Crippen MR) is 164 cm³/mol. The highest BCUT2D eigenvalue weighted by atomic mass is 32.2. The van der Waals surface area contributed by atoms with Crippen LogP contribution in [0, 0.1) is 17.2 Å². The average Bonchev–Trinajstić information content (AvgIpc) is 2.94. The van der Waals surface area contributed by atoms with Gasteiger partial charge in [-0.25, -0.2) is 27.5 Å². The van der Waals surface area contributed by atoms with E-state index in [-0.39, 0.29) is 34.7 Å². The number of amides is 1. The molecule has 0 atom stereocenters. The number of ether oxygens (including phenoxy) is 1. The maximum absolute atomic E-state index is 14.2. The van der Waals surface area contributed by atoms with Crippen molar-refractivity contribution in [2.24, 2.45) is 11.3 Å². The van der Waals surface area contributed by atoms with Crippen molar-refractivity contribution in [1.29, 1.82) is 0 Å². The Labute approximate surface area is 255 Å². The third-order valence-electron chi connectivity index (χ3n) is 9.29. The molecule has 43 heavy (non-hydrogen) atoms. The summed E-state index contributed by atoms with van der Waals surface area (Å²) in [5, 5.41) is 0. The van der Waals surface area contributed by atoms with Crippen molar-refractivity contribution < 1.29 is 22.3 Å². The largest absolute Gasteiger partial charge is 0.451 e. The second-order valence-corrected chi connectivity index (χ2v) is 14.7. The van der Waals surface area contributed by atoms with Gasteiger partial charge in [-0.1, -0.05) is 0 Å². The van der Waals surface area contributed by atoms with Gasteiger partial charge in [-0.2, -0.15) is 0 Å². The van der Waals surface area contributed by atoms with E-state index >= 15 is 0 Å². The minimum atomic E-state index is -3.14. The van der Waals surface area contributed by atoms with Crippen LogP contribution in [0.3, 0.4) is 0 Å². The van der Waals surface area contributed by atoms with Gasteiger partial charge in [-0.15, -0.1) is 0 Å². The number of aromatic nitrogens is 2. The molecule has 0 radical (unpaired) electrons. The molecular weight excluding hydrogens is 571 g/mol. The highest BCUT2D eigenvalue weighted by Crippen LogP contribution is 2.45. The quantitative estimate of drug-likeness (QED) is 0.422. The van der Waals surface area contributed by atoms with E-state index in [0.717, 1.165) is 71.2 Å². The third kappa shape index (κ3) is 7.64. The summed E-state index contributed by atoms with van der Waals surface area (Å²) in [6.07, 6.45) is 10.5. The SMILES string of the molecule is CCN(C(=O)c1cc(F)ccc1Oc1cncnc1N1CC2(CCN(CC3CCC(NS(C)(=O)=O)CC3)CC2)C1)C(C)C. The first-order valence-electron chi connectivity index (χ1n) is 15.5. The van der Waals surface area contributed by atoms with Gasteiger partial charge in [0.1, 0.15) is 17.9 Å². The van der Waals surface area contributed by atoms with Crippen LogP contribution in [0.5, 0.6) is 11.5 Å². The Morgan fingerprint density at radius 1 is 1.16 bits per heavy atom. The molecule has 1 spiro atoms. The maximum atomic E-state index is 14.2. The number of nitrogens with one attached hydrogen (secondary N) is 1. The lowest BCUT2D eigenvalue weighted by atomic mass is 9.71. The standard InChI is InChI=1S/C31H45FN6O4S/c1-5-38(22(2)3)30(39)26-16-24(32)8-11-27(26)42-28-17-33-21-34-29(28)37-19-31(20-37)12-14-36(15-13-31)18-23-6-9-25(10-7-23)35-43(4,40)41/h8,11,16-17,21-23,25,35H,5-7,9-10,12-15,18-20H2,1-4H3. The first kappa shape index (κ1) is 31.6. The molecule has 3 fully saturated rings. The molecule has 1 N–H and O–H groups in total. The number of nitrogens with zero attached hydrogens (tertiary/aromatic N) is 5. The van der Waals surface area contributed by atoms with E-state index in [2.05, 4.69) is 24.5 Å². The molecule has 3 aliphatic rings. The van der Waals surface area contributed by atoms with Gasteiger partial charge in [-0.05, 0) is 96.5 Å². The smallest absolute Gasteiger partial charge is 0.257 e. The Balaban J connectivity index is 1.17. The average molecular weight is 617 g/mol. The molecule has 2 aliphatic heterocycles. The van der Waals surface area contributed by atoms with Crippen LogP contribution in [-0.4, -0.2) is 91.7 Å². The fourth-order valence-electron chi connectivity index (χ4n) is 6.96. The highest BCUT2D eigenvalue weighted by Gasteiger charge is 2.46. The number of carbonyl (C=O) groups is 1. The molecule has 1 amide bonds. The van der Waals surface area contributed by atoms with Gasteiger partial charge < -0.3 is 19.4 Å². The maximum Gasteiger partial charge on any atom is 0.257 e. The van der Waals surface area contributed by atoms with E-state index in [0.29, 0.717) is 24.0 Å². The van der Waals surface area contributed by atoms with Crippen molar-refractivity contribution in [3.8, 4) is 11.5 Å². The normalized spacial score (nSPS) is 22.4. The number of sulfonamides is 1. The summed E-state index contributed by atoms with van der Waals surface area (Å²) in [6.45, 7) is 11.2. The van der Waals surface area contributed by atoms with Crippen molar-refractivity contribution >= 4 is 21.7 Å². The van der Waals surface area contributed by atoms with Gasteiger partial charge in [0, 0.05) is 43.7 Å². The molecule has 10 nitrogen and oxygen atoms in total. The molecule has 1 aromatic heterocycles. The molecule has 236 valence electrons. The molecule has 0 unspecified atom stereocenters. The second-order valence-electron chi connectivity index (χ2n) is 12.9.